The van der Waals surface area contributed by atoms with Crippen molar-refractivity contribution in [2.24, 2.45) is 7.05 Å². The van der Waals surface area contributed by atoms with Crippen LogP contribution in [0.5, 0.6) is 0 Å². The molecule has 1 aromatic heterocycles. The fourth-order valence-corrected chi connectivity index (χ4v) is 2.16. The van der Waals surface area contributed by atoms with E-state index in [1.165, 1.54) is 22.4 Å². The molecule has 0 amide bonds. The van der Waals surface area contributed by atoms with Crippen molar-refractivity contribution < 1.29 is 17.0 Å². The van der Waals surface area contributed by atoms with Crippen molar-refractivity contribution in [1.29, 1.82) is 0 Å². The van der Waals surface area contributed by atoms with Gasteiger partial charge in [0, 0.05) is 0 Å². The maximum absolute atomic E-state index is 2.22. The van der Waals surface area contributed by atoms with E-state index in [-0.39, 0.29) is 12.4 Å². The van der Waals surface area contributed by atoms with Crippen LogP contribution in [-0.2, 0) is 7.05 Å². The van der Waals surface area contributed by atoms with Crippen LogP contribution in [0.1, 0.15) is 16.7 Å². The van der Waals surface area contributed by atoms with Crippen LogP contribution < -0.4 is 17.0 Å². The summed E-state index contributed by atoms with van der Waals surface area (Å²) < 4.78 is 4.23. The highest BCUT2D eigenvalue weighted by molar-refractivity contribution is 5.43. The van der Waals surface area contributed by atoms with Gasteiger partial charge in [-0.05, 0) is 31.9 Å². The Kier molecular flexibility index (Phi) is 3.76. The lowest BCUT2D eigenvalue weighted by molar-refractivity contribution is -0.596. The van der Waals surface area contributed by atoms with E-state index < -0.39 is 0 Å². The first kappa shape index (κ1) is 12.8. The minimum absolute atomic E-state index is 0. The number of hydrogen-bond acceptors (Lipinski definition) is 0. The lowest BCUT2D eigenvalue weighted by Gasteiger charge is -2.06. The van der Waals surface area contributed by atoms with Crippen LogP contribution in [0.2, 0.25) is 0 Å². The van der Waals surface area contributed by atoms with Crippen LogP contribution in [0, 0.1) is 20.8 Å². The first-order valence-electron chi connectivity index (χ1n) is 5.19. The summed E-state index contributed by atoms with van der Waals surface area (Å²) in [6.07, 6.45) is 6.23. The van der Waals surface area contributed by atoms with E-state index in [0.717, 1.165) is 0 Å². The predicted molar refractivity (Wildman–Crippen MR) is 61.2 cm³/mol. The van der Waals surface area contributed by atoms with Crippen LogP contribution in [0.15, 0.2) is 30.9 Å². The molecule has 3 heteroatoms. The van der Waals surface area contributed by atoms with Crippen molar-refractivity contribution in [2.45, 2.75) is 20.8 Å². The van der Waals surface area contributed by atoms with Gasteiger partial charge in [-0.3, -0.25) is 0 Å². The van der Waals surface area contributed by atoms with Crippen molar-refractivity contribution in [3.63, 3.8) is 0 Å². The molecule has 0 aliphatic heterocycles. The number of halogens is 1. The molecule has 1 aromatic carbocycles. The zero-order valence-electron chi connectivity index (χ0n) is 10.2. The Morgan fingerprint density at radius 1 is 1.06 bits per heavy atom. The van der Waals surface area contributed by atoms with Crippen molar-refractivity contribution >= 4 is 0 Å². The second kappa shape index (κ2) is 4.71. The Bertz CT molecular complexity index is 477. The molecule has 0 atom stereocenters. The minimum atomic E-state index is 0. The first-order valence-corrected chi connectivity index (χ1v) is 5.19. The van der Waals surface area contributed by atoms with Gasteiger partial charge >= 0.3 is 0 Å². The normalized spacial score (nSPS) is 10.0. The standard InChI is InChI=1S/C13H17N2.ClH/c1-10-7-11(2)13(12(3)8-10)15-6-5-14(4)9-15;/h5-9H,1-4H3;1H/q+1;/p-1. The van der Waals surface area contributed by atoms with Gasteiger partial charge in [-0.1, -0.05) is 17.7 Å². The summed E-state index contributed by atoms with van der Waals surface area (Å²) in [5.74, 6) is 0. The molecule has 86 valence electrons. The van der Waals surface area contributed by atoms with E-state index in [0.29, 0.717) is 0 Å². The first-order chi connectivity index (χ1) is 7.08. The molecular weight excluding hydrogens is 220 g/mol. The Balaban J connectivity index is 0.00000128. The summed E-state index contributed by atoms with van der Waals surface area (Å²) in [7, 11) is 2.04. The molecule has 0 bridgehead atoms. The van der Waals surface area contributed by atoms with Crippen LogP contribution in [0.4, 0.5) is 0 Å². The Morgan fingerprint density at radius 3 is 2.06 bits per heavy atom. The minimum Gasteiger partial charge on any atom is -1.00 e. The summed E-state index contributed by atoms with van der Waals surface area (Å²) in [4.78, 5) is 0. The van der Waals surface area contributed by atoms with Gasteiger partial charge < -0.3 is 12.4 Å². The summed E-state index contributed by atoms with van der Waals surface area (Å²) in [6.45, 7) is 6.46. The van der Waals surface area contributed by atoms with E-state index in [4.69, 9.17) is 0 Å². The van der Waals surface area contributed by atoms with E-state index in [1.54, 1.807) is 0 Å². The van der Waals surface area contributed by atoms with Gasteiger partial charge in [-0.2, -0.15) is 0 Å². The highest BCUT2D eigenvalue weighted by Crippen LogP contribution is 2.15. The molecule has 0 saturated carbocycles. The van der Waals surface area contributed by atoms with Gasteiger partial charge in [0.1, 0.15) is 18.1 Å². The van der Waals surface area contributed by atoms with Crippen molar-refractivity contribution in [3.05, 3.63) is 47.5 Å². The van der Waals surface area contributed by atoms with Gasteiger partial charge in [0.25, 0.3) is 0 Å². The number of imidazole rings is 1. The molecule has 16 heavy (non-hydrogen) atoms. The molecule has 0 saturated heterocycles. The molecule has 0 aliphatic carbocycles. The summed E-state index contributed by atoms with van der Waals surface area (Å²) >= 11 is 0. The fourth-order valence-electron chi connectivity index (χ4n) is 2.16. The summed E-state index contributed by atoms with van der Waals surface area (Å²) in [5, 5.41) is 0. The van der Waals surface area contributed by atoms with E-state index in [9.17, 15) is 0 Å². The molecule has 0 fully saturated rings. The number of hydrogen-bond donors (Lipinski definition) is 0. The SMILES string of the molecule is Cc1cc(C)c(-[n+]2ccn(C)c2)c(C)c1.[Cl-]. The average molecular weight is 237 g/mol. The molecule has 0 N–H and O–H groups in total. The molecule has 0 unspecified atom stereocenters. The molecule has 0 radical (unpaired) electrons. The van der Waals surface area contributed by atoms with Crippen LogP contribution in [-0.4, -0.2) is 4.57 Å². The van der Waals surface area contributed by atoms with Crippen molar-refractivity contribution in [1.82, 2.24) is 4.57 Å². The van der Waals surface area contributed by atoms with E-state index >= 15 is 0 Å². The molecule has 1 heterocycles. The zero-order chi connectivity index (χ0) is 11.0. The zero-order valence-corrected chi connectivity index (χ0v) is 10.9. The molecular formula is C13H17ClN2. The third kappa shape index (κ3) is 2.27. The lowest BCUT2D eigenvalue weighted by Crippen LogP contribution is -3.00. The highest BCUT2D eigenvalue weighted by atomic mass is 35.5. The number of nitrogens with zero attached hydrogens (tertiary/aromatic N) is 2. The molecule has 2 nitrogen and oxygen atoms in total. The third-order valence-corrected chi connectivity index (χ3v) is 2.66. The van der Waals surface area contributed by atoms with E-state index in [2.05, 4.69) is 60.8 Å². The third-order valence-electron chi connectivity index (χ3n) is 2.66. The van der Waals surface area contributed by atoms with Crippen molar-refractivity contribution in [2.75, 3.05) is 0 Å². The van der Waals surface area contributed by atoms with Gasteiger partial charge in [0.15, 0.2) is 0 Å². The quantitative estimate of drug-likeness (QED) is 0.576. The second-order valence-corrected chi connectivity index (χ2v) is 4.23. The Morgan fingerprint density at radius 2 is 1.62 bits per heavy atom. The maximum Gasteiger partial charge on any atom is 0.248 e. The molecule has 0 spiro atoms. The highest BCUT2D eigenvalue weighted by Gasteiger charge is 2.11. The monoisotopic (exact) mass is 236 g/mol. The number of rotatable bonds is 1. The predicted octanol–water partition coefficient (Wildman–Crippen LogP) is -0.769. The van der Waals surface area contributed by atoms with Gasteiger partial charge in [-0.15, -0.1) is 0 Å². The van der Waals surface area contributed by atoms with Crippen LogP contribution in [0.3, 0.4) is 0 Å². The van der Waals surface area contributed by atoms with Gasteiger partial charge in [-0.25, -0.2) is 9.13 Å². The molecule has 2 aromatic rings. The smallest absolute Gasteiger partial charge is 0.248 e. The lowest BCUT2D eigenvalue weighted by atomic mass is 10.1. The number of aryl methyl sites for hydroxylation is 4. The Hall–Kier alpha value is -1.28. The van der Waals surface area contributed by atoms with Crippen molar-refractivity contribution in [3.8, 4) is 5.69 Å². The average Bonchev–Trinajstić information content (AvgIpc) is 2.49. The second-order valence-electron chi connectivity index (χ2n) is 4.23. The molecule has 0 aliphatic rings. The maximum atomic E-state index is 2.22. The van der Waals surface area contributed by atoms with E-state index in [1.807, 2.05) is 7.05 Å². The largest absolute Gasteiger partial charge is 1.00 e. The fraction of sp³-hybridized carbons (Fsp3) is 0.308. The van der Waals surface area contributed by atoms with Crippen LogP contribution in [0.25, 0.3) is 5.69 Å². The molecule has 2 rings (SSSR count). The topological polar surface area (TPSA) is 8.81 Å². The summed E-state index contributed by atoms with van der Waals surface area (Å²) in [6, 6.07) is 4.45. The van der Waals surface area contributed by atoms with Gasteiger partial charge in [0.2, 0.25) is 6.33 Å². The summed E-state index contributed by atoms with van der Waals surface area (Å²) in [5.41, 5.74) is 5.26. The Labute approximate surface area is 103 Å². The number of aromatic nitrogens is 2. The number of benzene rings is 1. The van der Waals surface area contributed by atoms with Crippen LogP contribution >= 0.6 is 0 Å². The van der Waals surface area contributed by atoms with Gasteiger partial charge in [0.05, 0.1) is 7.05 Å².